The van der Waals surface area contributed by atoms with E-state index in [1.54, 1.807) is 0 Å². The average Bonchev–Trinajstić information content (AvgIpc) is 2.09. The number of hydrogen-bond donors (Lipinski definition) is 0. The van der Waals surface area contributed by atoms with E-state index < -0.39 is 0 Å². The summed E-state index contributed by atoms with van der Waals surface area (Å²) in [5.41, 5.74) is 1.25. The SMILES string of the molecule is CCCC=C(CCC)COC(C)=O. The molecular formula is C11H20O2. The van der Waals surface area contributed by atoms with Gasteiger partial charge in [-0.15, -0.1) is 0 Å². The predicted molar refractivity (Wildman–Crippen MR) is 54.5 cm³/mol. The zero-order valence-corrected chi connectivity index (χ0v) is 8.93. The highest BCUT2D eigenvalue weighted by Crippen LogP contribution is 2.07. The Bertz CT molecular complexity index is 171. The summed E-state index contributed by atoms with van der Waals surface area (Å²) in [7, 11) is 0. The number of carbonyl (C=O) groups is 1. The zero-order chi connectivity index (χ0) is 10.1. The molecule has 2 nitrogen and oxygen atoms in total. The van der Waals surface area contributed by atoms with Crippen molar-refractivity contribution in [3.63, 3.8) is 0 Å². The molecule has 0 radical (unpaired) electrons. The number of allylic oxidation sites excluding steroid dienone is 1. The summed E-state index contributed by atoms with van der Waals surface area (Å²) in [5, 5.41) is 0. The summed E-state index contributed by atoms with van der Waals surface area (Å²) in [6, 6.07) is 0. The van der Waals surface area contributed by atoms with Crippen LogP contribution in [0.2, 0.25) is 0 Å². The first-order valence-corrected chi connectivity index (χ1v) is 5.02. The Balaban J connectivity index is 3.85. The van der Waals surface area contributed by atoms with Gasteiger partial charge in [0.2, 0.25) is 0 Å². The third-order valence-electron chi connectivity index (χ3n) is 1.75. The summed E-state index contributed by atoms with van der Waals surface area (Å²) in [4.78, 5) is 10.6. The molecule has 0 saturated carbocycles. The summed E-state index contributed by atoms with van der Waals surface area (Å²) >= 11 is 0. The highest BCUT2D eigenvalue weighted by atomic mass is 16.5. The smallest absolute Gasteiger partial charge is 0.302 e. The molecule has 0 aliphatic carbocycles. The van der Waals surface area contributed by atoms with E-state index in [0.29, 0.717) is 6.61 Å². The first-order valence-electron chi connectivity index (χ1n) is 5.02. The molecule has 0 amide bonds. The maximum absolute atomic E-state index is 10.6. The van der Waals surface area contributed by atoms with Crippen molar-refractivity contribution in [1.29, 1.82) is 0 Å². The minimum absolute atomic E-state index is 0.196. The van der Waals surface area contributed by atoms with Gasteiger partial charge in [-0.2, -0.15) is 0 Å². The molecule has 0 unspecified atom stereocenters. The standard InChI is InChI=1S/C11H20O2/c1-4-6-8-11(7-5-2)9-13-10(3)12/h8H,4-7,9H2,1-3H3. The van der Waals surface area contributed by atoms with Gasteiger partial charge in [0.25, 0.3) is 0 Å². The number of ether oxygens (including phenoxy) is 1. The number of rotatable bonds is 6. The lowest BCUT2D eigenvalue weighted by atomic mass is 10.1. The summed E-state index contributed by atoms with van der Waals surface area (Å²) in [5.74, 6) is -0.196. The molecule has 0 aromatic rings. The van der Waals surface area contributed by atoms with Crippen LogP contribution in [0.3, 0.4) is 0 Å². The molecule has 0 heterocycles. The topological polar surface area (TPSA) is 26.3 Å². The van der Waals surface area contributed by atoms with Crippen molar-refractivity contribution >= 4 is 5.97 Å². The molecule has 0 spiro atoms. The van der Waals surface area contributed by atoms with Crippen molar-refractivity contribution in [2.75, 3.05) is 6.61 Å². The van der Waals surface area contributed by atoms with E-state index in [9.17, 15) is 4.79 Å². The van der Waals surface area contributed by atoms with Crippen LogP contribution >= 0.6 is 0 Å². The Hall–Kier alpha value is -0.790. The number of unbranched alkanes of at least 4 members (excludes halogenated alkanes) is 1. The van der Waals surface area contributed by atoms with Crippen LogP contribution < -0.4 is 0 Å². The minimum Gasteiger partial charge on any atom is -0.461 e. The van der Waals surface area contributed by atoms with Gasteiger partial charge in [0.05, 0.1) is 0 Å². The molecule has 0 N–H and O–H groups in total. The molecular weight excluding hydrogens is 164 g/mol. The summed E-state index contributed by atoms with van der Waals surface area (Å²) in [6.07, 6.45) is 6.56. The van der Waals surface area contributed by atoms with Crippen LogP contribution in [-0.2, 0) is 9.53 Å². The molecule has 0 aromatic carbocycles. The molecule has 76 valence electrons. The van der Waals surface area contributed by atoms with E-state index >= 15 is 0 Å². The van der Waals surface area contributed by atoms with Gasteiger partial charge in [0.15, 0.2) is 0 Å². The lowest BCUT2D eigenvalue weighted by molar-refractivity contribution is -0.140. The van der Waals surface area contributed by atoms with Gasteiger partial charge < -0.3 is 4.74 Å². The maximum Gasteiger partial charge on any atom is 0.302 e. The van der Waals surface area contributed by atoms with E-state index in [1.165, 1.54) is 12.5 Å². The molecule has 0 saturated heterocycles. The molecule has 0 aromatic heterocycles. The third kappa shape index (κ3) is 7.57. The van der Waals surface area contributed by atoms with Crippen molar-refractivity contribution in [3.05, 3.63) is 11.6 Å². The van der Waals surface area contributed by atoms with Crippen LogP contribution in [0.25, 0.3) is 0 Å². The summed E-state index contributed by atoms with van der Waals surface area (Å²) < 4.78 is 4.95. The lowest BCUT2D eigenvalue weighted by Crippen LogP contribution is -2.03. The molecule has 0 aliphatic heterocycles. The monoisotopic (exact) mass is 184 g/mol. The number of carbonyl (C=O) groups excluding carboxylic acids is 1. The van der Waals surface area contributed by atoms with Crippen molar-refractivity contribution in [2.45, 2.75) is 46.5 Å². The third-order valence-corrected chi connectivity index (χ3v) is 1.75. The molecule has 2 heteroatoms. The average molecular weight is 184 g/mol. The second-order valence-electron chi connectivity index (χ2n) is 3.18. The minimum atomic E-state index is -0.196. The van der Waals surface area contributed by atoms with Crippen LogP contribution in [-0.4, -0.2) is 12.6 Å². The van der Waals surface area contributed by atoms with E-state index in [4.69, 9.17) is 4.74 Å². The van der Waals surface area contributed by atoms with Crippen LogP contribution in [0.15, 0.2) is 11.6 Å². The first-order chi connectivity index (χ1) is 6.20. The second-order valence-corrected chi connectivity index (χ2v) is 3.18. The Labute approximate surface area is 81.0 Å². The fraction of sp³-hybridized carbons (Fsp3) is 0.727. The molecule has 13 heavy (non-hydrogen) atoms. The van der Waals surface area contributed by atoms with Crippen molar-refractivity contribution in [2.24, 2.45) is 0 Å². The molecule has 0 aliphatic rings. The lowest BCUT2D eigenvalue weighted by Gasteiger charge is -2.05. The second kappa shape index (κ2) is 7.84. The zero-order valence-electron chi connectivity index (χ0n) is 8.93. The quantitative estimate of drug-likeness (QED) is 0.468. The van der Waals surface area contributed by atoms with Gasteiger partial charge in [-0.05, 0) is 18.4 Å². The molecule has 0 bridgehead atoms. The Kier molecular flexibility index (Phi) is 7.36. The predicted octanol–water partition coefficient (Wildman–Crippen LogP) is 3.08. The van der Waals surface area contributed by atoms with E-state index in [1.807, 2.05) is 0 Å². The highest BCUT2D eigenvalue weighted by Gasteiger charge is 1.98. The maximum atomic E-state index is 10.6. The van der Waals surface area contributed by atoms with Crippen LogP contribution in [0.4, 0.5) is 0 Å². The number of hydrogen-bond acceptors (Lipinski definition) is 2. The molecule has 0 atom stereocenters. The van der Waals surface area contributed by atoms with Gasteiger partial charge in [-0.25, -0.2) is 0 Å². The largest absolute Gasteiger partial charge is 0.461 e. The van der Waals surface area contributed by atoms with Crippen LogP contribution in [0.5, 0.6) is 0 Å². The van der Waals surface area contributed by atoms with Crippen molar-refractivity contribution < 1.29 is 9.53 Å². The molecule has 0 fully saturated rings. The van der Waals surface area contributed by atoms with Crippen LogP contribution in [0.1, 0.15) is 46.5 Å². The van der Waals surface area contributed by atoms with Gasteiger partial charge >= 0.3 is 5.97 Å². The van der Waals surface area contributed by atoms with Crippen LogP contribution in [0, 0.1) is 0 Å². The molecule has 0 rings (SSSR count). The Morgan fingerprint density at radius 2 is 2.00 bits per heavy atom. The van der Waals surface area contributed by atoms with Crippen molar-refractivity contribution in [3.8, 4) is 0 Å². The number of esters is 1. The van der Waals surface area contributed by atoms with Gasteiger partial charge in [0, 0.05) is 6.92 Å². The normalized spacial score (nSPS) is 11.5. The van der Waals surface area contributed by atoms with Crippen molar-refractivity contribution in [1.82, 2.24) is 0 Å². The van der Waals surface area contributed by atoms with E-state index in [2.05, 4.69) is 19.9 Å². The van der Waals surface area contributed by atoms with Gasteiger partial charge in [-0.3, -0.25) is 4.79 Å². The van der Waals surface area contributed by atoms with Gasteiger partial charge in [-0.1, -0.05) is 32.8 Å². The summed E-state index contributed by atoms with van der Waals surface area (Å²) in [6.45, 7) is 6.20. The fourth-order valence-corrected chi connectivity index (χ4v) is 1.10. The van der Waals surface area contributed by atoms with E-state index in [-0.39, 0.29) is 5.97 Å². The first kappa shape index (κ1) is 12.2. The van der Waals surface area contributed by atoms with Gasteiger partial charge in [0.1, 0.15) is 6.61 Å². The Morgan fingerprint density at radius 3 is 2.46 bits per heavy atom. The van der Waals surface area contributed by atoms with E-state index in [0.717, 1.165) is 25.7 Å². The Morgan fingerprint density at radius 1 is 1.31 bits per heavy atom. The fourth-order valence-electron chi connectivity index (χ4n) is 1.10. The highest BCUT2D eigenvalue weighted by molar-refractivity contribution is 5.66.